The third kappa shape index (κ3) is 1.37. The van der Waals surface area contributed by atoms with E-state index in [2.05, 4.69) is 0 Å². The van der Waals surface area contributed by atoms with Crippen LogP contribution in [0.4, 0.5) is 0 Å². The minimum absolute atomic E-state index is 0.108. The van der Waals surface area contributed by atoms with Crippen LogP contribution in [0.25, 0.3) is 10.1 Å². The molecule has 74 valence electrons. The highest BCUT2D eigenvalue weighted by molar-refractivity contribution is 7.20. The number of ether oxygens (including phenoxy) is 1. The molecule has 0 aliphatic carbocycles. The predicted octanol–water partition coefficient (Wildman–Crippen LogP) is 2.71. The highest BCUT2D eigenvalue weighted by Gasteiger charge is 2.10. The Hall–Kier alpha value is -1.42. The van der Waals surface area contributed by atoms with E-state index < -0.39 is 0 Å². The van der Waals surface area contributed by atoms with E-state index >= 15 is 0 Å². The Balaban J connectivity index is 2.68. The third-order valence-corrected chi connectivity index (χ3v) is 2.81. The van der Waals surface area contributed by atoms with Gasteiger partial charge in [0.05, 0.1) is 6.61 Å². The zero-order valence-electron chi connectivity index (χ0n) is 7.65. The van der Waals surface area contributed by atoms with Crippen molar-refractivity contribution in [3.63, 3.8) is 0 Å². The van der Waals surface area contributed by atoms with E-state index in [1.54, 1.807) is 18.2 Å². The van der Waals surface area contributed by atoms with Crippen LogP contribution in [0.3, 0.4) is 0 Å². The molecule has 0 saturated carbocycles. The number of rotatable bonds is 2. The first-order valence-electron chi connectivity index (χ1n) is 4.29. The van der Waals surface area contributed by atoms with Crippen LogP contribution in [0, 0.1) is 0 Å². The molecule has 1 aromatic carbocycles. The van der Waals surface area contributed by atoms with Crippen molar-refractivity contribution in [1.29, 1.82) is 0 Å². The maximum Gasteiger partial charge on any atom is 0.172 e. The Kier molecular flexibility index (Phi) is 2.21. The SMILES string of the molecule is CCOc1c(O)ccc2sc(O)cc12. The fourth-order valence-electron chi connectivity index (χ4n) is 1.36. The van der Waals surface area contributed by atoms with E-state index in [9.17, 15) is 10.2 Å². The maximum absolute atomic E-state index is 9.55. The summed E-state index contributed by atoms with van der Waals surface area (Å²) in [5.74, 6) is 0.554. The van der Waals surface area contributed by atoms with Gasteiger partial charge in [0.15, 0.2) is 16.6 Å². The van der Waals surface area contributed by atoms with Crippen LogP contribution in [0.1, 0.15) is 6.92 Å². The normalized spacial score (nSPS) is 10.6. The maximum atomic E-state index is 9.55. The van der Waals surface area contributed by atoms with Crippen LogP contribution < -0.4 is 4.74 Å². The first-order valence-corrected chi connectivity index (χ1v) is 5.11. The molecule has 3 nitrogen and oxygen atoms in total. The minimum Gasteiger partial charge on any atom is -0.504 e. The molecule has 1 aromatic heterocycles. The lowest BCUT2D eigenvalue weighted by molar-refractivity contribution is 0.322. The van der Waals surface area contributed by atoms with Crippen LogP contribution in [-0.4, -0.2) is 16.8 Å². The quantitative estimate of drug-likeness (QED) is 0.801. The van der Waals surface area contributed by atoms with Gasteiger partial charge in [-0.15, -0.1) is 0 Å². The zero-order valence-corrected chi connectivity index (χ0v) is 8.47. The summed E-state index contributed by atoms with van der Waals surface area (Å²) in [4.78, 5) is 0. The Morgan fingerprint density at radius 3 is 2.86 bits per heavy atom. The molecule has 0 amide bonds. The van der Waals surface area contributed by atoms with Crippen LogP contribution in [0.2, 0.25) is 0 Å². The highest BCUT2D eigenvalue weighted by Crippen LogP contribution is 2.41. The van der Waals surface area contributed by atoms with Crippen molar-refractivity contribution < 1.29 is 14.9 Å². The fraction of sp³-hybridized carbons (Fsp3) is 0.200. The first-order chi connectivity index (χ1) is 6.72. The standard InChI is InChI=1S/C10H10O3S/c1-2-13-10-6-5-9(12)14-8(6)4-3-7(10)11/h3-5,11-12H,2H2,1H3. The summed E-state index contributed by atoms with van der Waals surface area (Å²) in [5, 5.41) is 19.9. The molecule has 2 aromatic rings. The van der Waals surface area contributed by atoms with E-state index in [1.807, 2.05) is 6.92 Å². The molecule has 0 bridgehead atoms. The van der Waals surface area contributed by atoms with Gasteiger partial charge in [-0.2, -0.15) is 0 Å². The molecule has 4 heteroatoms. The van der Waals surface area contributed by atoms with Gasteiger partial charge in [-0.25, -0.2) is 0 Å². The summed E-state index contributed by atoms with van der Waals surface area (Å²) in [5.41, 5.74) is 0. The van der Waals surface area contributed by atoms with Gasteiger partial charge in [0.25, 0.3) is 0 Å². The largest absolute Gasteiger partial charge is 0.504 e. The molecule has 0 spiro atoms. The van der Waals surface area contributed by atoms with Gasteiger partial charge in [0.1, 0.15) is 0 Å². The molecule has 0 unspecified atom stereocenters. The van der Waals surface area contributed by atoms with E-state index in [1.165, 1.54) is 11.3 Å². The monoisotopic (exact) mass is 210 g/mol. The Labute approximate surface area is 85.2 Å². The van der Waals surface area contributed by atoms with E-state index in [4.69, 9.17) is 4.74 Å². The van der Waals surface area contributed by atoms with Crippen LogP contribution in [0.15, 0.2) is 18.2 Å². The number of phenolic OH excluding ortho intramolecular Hbond substituents is 1. The fourth-order valence-corrected chi connectivity index (χ4v) is 2.16. The van der Waals surface area contributed by atoms with Crippen molar-refractivity contribution in [3.05, 3.63) is 18.2 Å². The number of thiophene rings is 1. The van der Waals surface area contributed by atoms with Gasteiger partial charge >= 0.3 is 0 Å². The van der Waals surface area contributed by atoms with Gasteiger partial charge in [0.2, 0.25) is 0 Å². The predicted molar refractivity (Wildman–Crippen MR) is 56.3 cm³/mol. The summed E-state index contributed by atoms with van der Waals surface area (Å²) < 4.78 is 6.22. The van der Waals surface area contributed by atoms with Gasteiger partial charge in [0, 0.05) is 16.2 Å². The number of aromatic hydroxyl groups is 2. The third-order valence-electron chi connectivity index (χ3n) is 1.91. The van der Waals surface area contributed by atoms with Gasteiger partial charge in [-0.3, -0.25) is 0 Å². The number of benzene rings is 1. The summed E-state index contributed by atoms with van der Waals surface area (Å²) in [6.07, 6.45) is 0. The van der Waals surface area contributed by atoms with E-state index in [-0.39, 0.29) is 10.8 Å². The number of phenols is 1. The smallest absolute Gasteiger partial charge is 0.172 e. The van der Waals surface area contributed by atoms with Gasteiger partial charge in [-0.05, 0) is 19.1 Å². The molecule has 2 rings (SSSR count). The zero-order chi connectivity index (χ0) is 10.1. The summed E-state index contributed by atoms with van der Waals surface area (Å²) in [6, 6.07) is 4.94. The van der Waals surface area contributed by atoms with Gasteiger partial charge in [-0.1, -0.05) is 11.3 Å². The minimum atomic E-state index is 0.108. The Bertz CT molecular complexity index is 462. The first kappa shape index (κ1) is 9.15. The lowest BCUT2D eigenvalue weighted by Crippen LogP contribution is -1.91. The molecule has 14 heavy (non-hydrogen) atoms. The number of hydrogen-bond acceptors (Lipinski definition) is 4. The average molecular weight is 210 g/mol. The van der Waals surface area contributed by atoms with Crippen molar-refractivity contribution in [1.82, 2.24) is 0 Å². The number of hydrogen-bond donors (Lipinski definition) is 2. The summed E-state index contributed by atoms with van der Waals surface area (Å²) in [6.45, 7) is 2.34. The van der Waals surface area contributed by atoms with E-state index in [0.717, 1.165) is 10.1 Å². The van der Waals surface area contributed by atoms with Crippen LogP contribution >= 0.6 is 11.3 Å². The van der Waals surface area contributed by atoms with Crippen LogP contribution in [-0.2, 0) is 0 Å². The molecule has 0 radical (unpaired) electrons. The van der Waals surface area contributed by atoms with Crippen molar-refractivity contribution in [2.75, 3.05) is 6.61 Å². The highest BCUT2D eigenvalue weighted by atomic mass is 32.1. The van der Waals surface area contributed by atoms with Crippen molar-refractivity contribution >= 4 is 21.4 Å². The summed E-state index contributed by atoms with van der Waals surface area (Å²) >= 11 is 1.27. The molecule has 0 aliphatic rings. The van der Waals surface area contributed by atoms with Gasteiger partial charge < -0.3 is 14.9 Å². The van der Waals surface area contributed by atoms with Crippen molar-refractivity contribution in [3.8, 4) is 16.6 Å². The number of fused-ring (bicyclic) bond motifs is 1. The molecule has 0 aliphatic heterocycles. The topological polar surface area (TPSA) is 49.7 Å². The van der Waals surface area contributed by atoms with Crippen LogP contribution in [0.5, 0.6) is 16.6 Å². The second kappa shape index (κ2) is 3.38. The Morgan fingerprint density at radius 1 is 1.36 bits per heavy atom. The molecular weight excluding hydrogens is 200 g/mol. The molecule has 2 N–H and O–H groups in total. The molecule has 1 heterocycles. The molecule has 0 fully saturated rings. The second-order valence-electron chi connectivity index (χ2n) is 2.84. The average Bonchev–Trinajstić information content (AvgIpc) is 2.51. The van der Waals surface area contributed by atoms with Crippen molar-refractivity contribution in [2.45, 2.75) is 6.92 Å². The molecular formula is C10H10O3S. The summed E-state index contributed by atoms with van der Waals surface area (Å²) in [7, 11) is 0. The second-order valence-corrected chi connectivity index (χ2v) is 3.91. The lowest BCUT2D eigenvalue weighted by atomic mass is 10.2. The van der Waals surface area contributed by atoms with E-state index in [0.29, 0.717) is 12.4 Å². The van der Waals surface area contributed by atoms with Crippen molar-refractivity contribution in [2.24, 2.45) is 0 Å². The molecule has 0 atom stereocenters. The lowest BCUT2D eigenvalue weighted by Gasteiger charge is -2.06. The molecule has 0 saturated heterocycles. The Morgan fingerprint density at radius 2 is 2.14 bits per heavy atom.